The van der Waals surface area contributed by atoms with Gasteiger partial charge in [0.2, 0.25) is 5.91 Å². The summed E-state index contributed by atoms with van der Waals surface area (Å²) in [6, 6.07) is 0.348. The molecule has 3 N–H and O–H groups in total. The Morgan fingerprint density at radius 2 is 2.21 bits per heavy atom. The molecule has 0 saturated heterocycles. The molecule has 0 aromatic rings. The first-order valence-electron chi connectivity index (χ1n) is 5.00. The van der Waals surface area contributed by atoms with E-state index in [1.54, 1.807) is 13.8 Å². The van der Waals surface area contributed by atoms with Crippen LogP contribution in [0.15, 0.2) is 0 Å². The zero-order valence-electron chi connectivity index (χ0n) is 8.96. The van der Waals surface area contributed by atoms with Gasteiger partial charge in [-0.05, 0) is 26.2 Å². The van der Waals surface area contributed by atoms with Crippen LogP contribution >= 0.6 is 12.2 Å². The van der Waals surface area contributed by atoms with E-state index in [0.29, 0.717) is 12.0 Å². The normalized spacial score (nSPS) is 25.6. The highest BCUT2D eigenvalue weighted by Crippen LogP contribution is 2.34. The molecule has 3 nitrogen and oxygen atoms in total. The molecule has 4 heteroatoms. The van der Waals surface area contributed by atoms with Crippen molar-refractivity contribution in [1.82, 2.24) is 5.32 Å². The van der Waals surface area contributed by atoms with Crippen LogP contribution in [0.3, 0.4) is 0 Å². The van der Waals surface area contributed by atoms with Gasteiger partial charge in [0.15, 0.2) is 0 Å². The first-order chi connectivity index (χ1) is 6.39. The molecule has 1 fully saturated rings. The molecule has 0 heterocycles. The van der Waals surface area contributed by atoms with Crippen molar-refractivity contribution in [2.45, 2.75) is 39.7 Å². The molecule has 1 aliphatic rings. The molecule has 0 aliphatic heterocycles. The quantitative estimate of drug-likeness (QED) is 0.692. The van der Waals surface area contributed by atoms with Gasteiger partial charge in [-0.25, -0.2) is 0 Å². The van der Waals surface area contributed by atoms with Gasteiger partial charge in [0, 0.05) is 6.04 Å². The lowest BCUT2D eigenvalue weighted by Gasteiger charge is -2.21. The monoisotopic (exact) mass is 214 g/mol. The second-order valence-corrected chi connectivity index (χ2v) is 4.91. The average molecular weight is 214 g/mol. The van der Waals surface area contributed by atoms with Gasteiger partial charge in [0.1, 0.15) is 0 Å². The van der Waals surface area contributed by atoms with E-state index < -0.39 is 5.41 Å². The van der Waals surface area contributed by atoms with E-state index in [0.717, 1.165) is 12.8 Å². The summed E-state index contributed by atoms with van der Waals surface area (Å²) in [5.41, 5.74) is 4.78. The summed E-state index contributed by atoms with van der Waals surface area (Å²) in [6.07, 6.45) is 2.22. The lowest BCUT2D eigenvalue weighted by Crippen LogP contribution is -2.45. The van der Waals surface area contributed by atoms with E-state index in [2.05, 4.69) is 12.2 Å². The Hall–Kier alpha value is -0.640. The first kappa shape index (κ1) is 11.4. The van der Waals surface area contributed by atoms with Crippen molar-refractivity contribution in [1.29, 1.82) is 0 Å². The standard InChI is InChI=1S/C10H18N2OS/c1-4-6-5-7(6)12-9(13)10(2,3)8(11)14/h6-7H,4-5H2,1-3H3,(H2,11,14)(H,12,13). The van der Waals surface area contributed by atoms with Crippen LogP contribution in [0.25, 0.3) is 0 Å². The predicted molar refractivity (Wildman–Crippen MR) is 60.9 cm³/mol. The van der Waals surface area contributed by atoms with Crippen LogP contribution in [0.4, 0.5) is 0 Å². The lowest BCUT2D eigenvalue weighted by atomic mass is 9.92. The maximum Gasteiger partial charge on any atom is 0.232 e. The van der Waals surface area contributed by atoms with Gasteiger partial charge in [-0.1, -0.05) is 25.6 Å². The van der Waals surface area contributed by atoms with E-state index in [1.165, 1.54) is 0 Å². The molecular formula is C10H18N2OS. The number of nitrogens with one attached hydrogen (secondary N) is 1. The predicted octanol–water partition coefficient (Wildman–Crippen LogP) is 1.21. The smallest absolute Gasteiger partial charge is 0.232 e. The maximum atomic E-state index is 11.7. The summed E-state index contributed by atoms with van der Waals surface area (Å²) in [7, 11) is 0. The fourth-order valence-corrected chi connectivity index (χ4v) is 1.43. The topological polar surface area (TPSA) is 55.1 Å². The van der Waals surface area contributed by atoms with E-state index in [-0.39, 0.29) is 10.9 Å². The second-order valence-electron chi connectivity index (χ2n) is 4.47. The average Bonchev–Trinajstić information content (AvgIpc) is 2.82. The van der Waals surface area contributed by atoms with Gasteiger partial charge in [0.25, 0.3) is 0 Å². The minimum atomic E-state index is -0.726. The molecule has 2 unspecified atom stereocenters. The van der Waals surface area contributed by atoms with Crippen LogP contribution in [-0.2, 0) is 4.79 Å². The van der Waals surface area contributed by atoms with Gasteiger partial charge in [-0.15, -0.1) is 0 Å². The van der Waals surface area contributed by atoms with E-state index in [1.807, 2.05) is 0 Å². The van der Waals surface area contributed by atoms with Gasteiger partial charge >= 0.3 is 0 Å². The summed E-state index contributed by atoms with van der Waals surface area (Å²) in [6.45, 7) is 5.65. The summed E-state index contributed by atoms with van der Waals surface area (Å²) in [5, 5.41) is 2.97. The van der Waals surface area contributed by atoms with Crippen LogP contribution in [-0.4, -0.2) is 16.9 Å². The van der Waals surface area contributed by atoms with Crippen LogP contribution in [0.2, 0.25) is 0 Å². The maximum absolute atomic E-state index is 11.7. The number of thiocarbonyl (C=S) groups is 1. The second kappa shape index (κ2) is 3.85. The number of carbonyl (C=O) groups excluding carboxylic acids is 1. The van der Waals surface area contributed by atoms with Crippen molar-refractivity contribution in [3.05, 3.63) is 0 Å². The largest absolute Gasteiger partial charge is 0.392 e. The first-order valence-corrected chi connectivity index (χ1v) is 5.41. The van der Waals surface area contributed by atoms with Crippen molar-refractivity contribution in [2.24, 2.45) is 17.1 Å². The molecule has 0 spiro atoms. The molecule has 0 aromatic heterocycles. The number of amides is 1. The van der Waals surface area contributed by atoms with Crippen molar-refractivity contribution in [3.63, 3.8) is 0 Å². The van der Waals surface area contributed by atoms with Crippen LogP contribution in [0.1, 0.15) is 33.6 Å². The van der Waals surface area contributed by atoms with Gasteiger partial charge in [-0.3, -0.25) is 4.79 Å². The highest BCUT2D eigenvalue weighted by molar-refractivity contribution is 7.80. The molecule has 0 radical (unpaired) electrons. The molecule has 0 bridgehead atoms. The van der Waals surface area contributed by atoms with Gasteiger partial charge in [-0.2, -0.15) is 0 Å². The van der Waals surface area contributed by atoms with Gasteiger partial charge < -0.3 is 11.1 Å². The zero-order chi connectivity index (χ0) is 10.9. The highest BCUT2D eigenvalue weighted by Gasteiger charge is 2.40. The summed E-state index contributed by atoms with van der Waals surface area (Å²) in [5.74, 6) is 0.604. The Kier molecular flexibility index (Phi) is 3.14. The Bertz CT molecular complexity index is 263. The van der Waals surface area contributed by atoms with E-state index in [4.69, 9.17) is 18.0 Å². The lowest BCUT2D eigenvalue weighted by molar-refractivity contribution is -0.126. The molecule has 14 heavy (non-hydrogen) atoms. The Morgan fingerprint density at radius 1 is 1.64 bits per heavy atom. The van der Waals surface area contributed by atoms with Gasteiger partial charge in [0.05, 0.1) is 10.4 Å². The summed E-state index contributed by atoms with van der Waals surface area (Å²) < 4.78 is 0. The number of nitrogens with two attached hydrogens (primary N) is 1. The minimum Gasteiger partial charge on any atom is -0.392 e. The van der Waals surface area contributed by atoms with Crippen LogP contribution in [0, 0.1) is 11.3 Å². The van der Waals surface area contributed by atoms with Crippen LogP contribution in [0.5, 0.6) is 0 Å². The summed E-state index contributed by atoms with van der Waals surface area (Å²) in [4.78, 5) is 12.0. The SMILES string of the molecule is CCC1CC1NC(=O)C(C)(C)C(N)=S. The molecule has 1 amide bonds. The highest BCUT2D eigenvalue weighted by atomic mass is 32.1. The Balaban J connectivity index is 2.47. The molecule has 1 rings (SSSR count). The van der Waals surface area contributed by atoms with Crippen LogP contribution < -0.4 is 11.1 Å². The van der Waals surface area contributed by atoms with E-state index in [9.17, 15) is 4.79 Å². The fraction of sp³-hybridized carbons (Fsp3) is 0.800. The third-order valence-electron chi connectivity index (χ3n) is 2.95. The number of rotatable bonds is 4. The number of carbonyl (C=O) groups is 1. The van der Waals surface area contributed by atoms with Crippen molar-refractivity contribution < 1.29 is 4.79 Å². The number of hydrogen-bond donors (Lipinski definition) is 2. The molecule has 1 aliphatic carbocycles. The van der Waals surface area contributed by atoms with Crippen molar-refractivity contribution in [3.8, 4) is 0 Å². The van der Waals surface area contributed by atoms with E-state index >= 15 is 0 Å². The summed E-state index contributed by atoms with van der Waals surface area (Å²) >= 11 is 4.86. The molecule has 1 saturated carbocycles. The number of hydrogen-bond acceptors (Lipinski definition) is 2. The fourth-order valence-electron chi connectivity index (χ4n) is 1.34. The third-order valence-corrected chi connectivity index (χ3v) is 3.46. The van der Waals surface area contributed by atoms with Crippen molar-refractivity contribution in [2.75, 3.05) is 0 Å². The zero-order valence-corrected chi connectivity index (χ0v) is 9.78. The third kappa shape index (κ3) is 2.23. The van der Waals surface area contributed by atoms with Crippen molar-refractivity contribution >= 4 is 23.1 Å². The Labute approximate surface area is 90.4 Å². The molecule has 0 aromatic carbocycles. The molecular weight excluding hydrogens is 196 g/mol. The Morgan fingerprint density at radius 3 is 2.57 bits per heavy atom. The molecule has 80 valence electrons. The minimum absolute atomic E-state index is 0.0500. The molecule has 2 atom stereocenters.